The van der Waals surface area contributed by atoms with Gasteiger partial charge in [0.15, 0.2) is 0 Å². The average Bonchev–Trinajstić information content (AvgIpc) is 2.36. The first-order valence-corrected chi connectivity index (χ1v) is 7.75. The maximum atomic E-state index is 11.3. The fourth-order valence-electron chi connectivity index (χ4n) is 1.82. The molecule has 0 saturated carbocycles. The van der Waals surface area contributed by atoms with Gasteiger partial charge in [-0.2, -0.15) is 0 Å². The van der Waals surface area contributed by atoms with Crippen molar-refractivity contribution >= 4 is 17.6 Å². The Hall–Kier alpha value is -0.760. The summed E-state index contributed by atoms with van der Waals surface area (Å²) in [4.78, 5) is 11.3. The number of carbonyl (C=O) groups excluding carboxylic acids is 1. The molecule has 0 amide bonds. The van der Waals surface area contributed by atoms with Crippen LogP contribution in [0.5, 0.6) is 0 Å². The van der Waals surface area contributed by atoms with E-state index in [1.54, 1.807) is 0 Å². The second-order valence-electron chi connectivity index (χ2n) is 4.82. The molecule has 0 saturated heterocycles. The number of hydrogen-bond donors (Lipinski definition) is 0. The molecular formula is C16H27ClO2. The molecular weight excluding hydrogens is 260 g/mol. The molecule has 3 heteroatoms. The van der Waals surface area contributed by atoms with E-state index in [1.807, 2.05) is 0 Å². The van der Waals surface area contributed by atoms with Crippen LogP contribution in [0.4, 0.5) is 0 Å². The molecule has 0 heterocycles. The van der Waals surface area contributed by atoms with E-state index in [1.165, 1.54) is 57.3 Å². The third kappa shape index (κ3) is 15.2. The number of unbranched alkanes of at least 4 members (excludes halogenated alkanes) is 8. The predicted molar refractivity (Wildman–Crippen MR) is 82.1 cm³/mol. The van der Waals surface area contributed by atoms with E-state index < -0.39 is 0 Å². The molecule has 0 aliphatic carbocycles. The Kier molecular flexibility index (Phi) is 13.1. The van der Waals surface area contributed by atoms with E-state index >= 15 is 0 Å². The summed E-state index contributed by atoms with van der Waals surface area (Å²) in [6.07, 6.45) is 14.4. The maximum Gasteiger partial charge on any atom is 0.310 e. The van der Waals surface area contributed by atoms with Crippen molar-refractivity contribution in [1.82, 2.24) is 0 Å². The molecule has 110 valence electrons. The Morgan fingerprint density at radius 3 is 2.11 bits per heavy atom. The standard InChI is InChI=1S/C16H27ClO2/c1-3-4-5-6-7-8-9-10-11-12-16(18)19-14-13-15(2)17/h13-14H,2-12H2,1H3. The second-order valence-corrected chi connectivity index (χ2v) is 5.30. The van der Waals surface area contributed by atoms with Gasteiger partial charge >= 0.3 is 5.97 Å². The van der Waals surface area contributed by atoms with Gasteiger partial charge in [-0.1, -0.05) is 76.5 Å². The largest absolute Gasteiger partial charge is 0.434 e. The summed E-state index contributed by atoms with van der Waals surface area (Å²) in [6, 6.07) is 0. The van der Waals surface area contributed by atoms with Crippen molar-refractivity contribution in [2.75, 3.05) is 0 Å². The van der Waals surface area contributed by atoms with Crippen LogP contribution in [-0.4, -0.2) is 5.97 Å². The van der Waals surface area contributed by atoms with Gasteiger partial charge in [0, 0.05) is 11.5 Å². The van der Waals surface area contributed by atoms with Gasteiger partial charge in [0.05, 0.1) is 6.26 Å². The third-order valence-electron chi connectivity index (χ3n) is 2.93. The molecule has 2 nitrogen and oxygen atoms in total. The molecule has 0 rings (SSSR count). The number of halogens is 1. The van der Waals surface area contributed by atoms with Crippen LogP contribution in [0.25, 0.3) is 0 Å². The molecule has 0 radical (unpaired) electrons. The number of carbonyl (C=O) groups is 1. The molecule has 0 unspecified atom stereocenters. The summed E-state index contributed by atoms with van der Waals surface area (Å²) in [5.41, 5.74) is 0. The lowest BCUT2D eigenvalue weighted by Gasteiger charge is -2.01. The van der Waals surface area contributed by atoms with E-state index in [2.05, 4.69) is 13.5 Å². The van der Waals surface area contributed by atoms with Crippen molar-refractivity contribution in [3.63, 3.8) is 0 Å². The van der Waals surface area contributed by atoms with Crippen LogP contribution >= 0.6 is 11.6 Å². The molecule has 0 aliphatic heterocycles. The van der Waals surface area contributed by atoms with Crippen molar-refractivity contribution in [2.24, 2.45) is 0 Å². The summed E-state index contributed by atoms with van der Waals surface area (Å²) < 4.78 is 4.86. The predicted octanol–water partition coefficient (Wildman–Crippen LogP) is 5.72. The minimum Gasteiger partial charge on any atom is -0.434 e. The van der Waals surface area contributed by atoms with Crippen LogP contribution in [0.2, 0.25) is 0 Å². The van der Waals surface area contributed by atoms with Gasteiger partial charge in [-0.3, -0.25) is 4.79 Å². The highest BCUT2D eigenvalue weighted by atomic mass is 35.5. The lowest BCUT2D eigenvalue weighted by atomic mass is 10.1. The summed E-state index contributed by atoms with van der Waals surface area (Å²) in [5, 5.41) is 0.357. The lowest BCUT2D eigenvalue weighted by Crippen LogP contribution is -1.98. The molecule has 0 bridgehead atoms. The topological polar surface area (TPSA) is 26.3 Å². The van der Waals surface area contributed by atoms with Crippen molar-refractivity contribution in [3.8, 4) is 0 Å². The van der Waals surface area contributed by atoms with E-state index in [4.69, 9.17) is 16.3 Å². The zero-order chi connectivity index (χ0) is 14.3. The fourth-order valence-corrected chi connectivity index (χ4v) is 1.87. The van der Waals surface area contributed by atoms with Gasteiger partial charge in [0.1, 0.15) is 0 Å². The average molecular weight is 287 g/mol. The molecule has 0 aromatic carbocycles. The van der Waals surface area contributed by atoms with E-state index in [0.29, 0.717) is 11.5 Å². The van der Waals surface area contributed by atoms with Gasteiger partial charge in [-0.05, 0) is 12.5 Å². The van der Waals surface area contributed by atoms with Crippen LogP contribution in [0.15, 0.2) is 23.9 Å². The van der Waals surface area contributed by atoms with Crippen molar-refractivity contribution < 1.29 is 9.53 Å². The number of rotatable bonds is 12. The summed E-state index contributed by atoms with van der Waals surface area (Å²) in [7, 11) is 0. The molecule has 0 spiro atoms. The fraction of sp³-hybridized carbons (Fsp3) is 0.688. The SMILES string of the molecule is C=C(Cl)C=COC(=O)CCCCCCCCCCC. The summed E-state index contributed by atoms with van der Waals surface area (Å²) in [5.74, 6) is -0.197. The quantitative estimate of drug-likeness (QED) is 0.199. The Balaban J connectivity index is 3.25. The number of hydrogen-bond acceptors (Lipinski definition) is 2. The normalized spacial score (nSPS) is 10.8. The first kappa shape index (κ1) is 18.2. The summed E-state index contributed by atoms with van der Waals surface area (Å²) in [6.45, 7) is 5.70. The van der Waals surface area contributed by atoms with Gasteiger partial charge in [0.25, 0.3) is 0 Å². The molecule has 0 aliphatic rings. The van der Waals surface area contributed by atoms with Gasteiger partial charge in [0.2, 0.25) is 0 Å². The molecule has 0 aromatic heterocycles. The minimum absolute atomic E-state index is 0.197. The monoisotopic (exact) mass is 286 g/mol. The number of ether oxygens (including phenoxy) is 1. The third-order valence-corrected chi connectivity index (χ3v) is 3.06. The van der Waals surface area contributed by atoms with E-state index in [0.717, 1.165) is 12.8 Å². The van der Waals surface area contributed by atoms with Crippen LogP contribution < -0.4 is 0 Å². The van der Waals surface area contributed by atoms with E-state index in [9.17, 15) is 4.79 Å². The number of allylic oxidation sites excluding steroid dienone is 2. The summed E-state index contributed by atoms with van der Waals surface area (Å²) >= 11 is 5.50. The molecule has 0 N–H and O–H groups in total. The zero-order valence-electron chi connectivity index (χ0n) is 12.1. The van der Waals surface area contributed by atoms with E-state index in [-0.39, 0.29) is 5.97 Å². The molecule has 0 fully saturated rings. The van der Waals surface area contributed by atoms with Crippen molar-refractivity contribution in [3.05, 3.63) is 23.9 Å². The van der Waals surface area contributed by atoms with Crippen molar-refractivity contribution in [2.45, 2.75) is 71.1 Å². The highest BCUT2D eigenvalue weighted by Gasteiger charge is 2.00. The highest BCUT2D eigenvalue weighted by molar-refractivity contribution is 6.30. The van der Waals surface area contributed by atoms with Gasteiger partial charge in [-0.15, -0.1) is 0 Å². The smallest absolute Gasteiger partial charge is 0.310 e. The van der Waals surface area contributed by atoms with Gasteiger partial charge < -0.3 is 4.74 Å². The highest BCUT2D eigenvalue weighted by Crippen LogP contribution is 2.10. The van der Waals surface area contributed by atoms with Crippen LogP contribution in [0.3, 0.4) is 0 Å². The van der Waals surface area contributed by atoms with Gasteiger partial charge in [-0.25, -0.2) is 0 Å². The maximum absolute atomic E-state index is 11.3. The number of esters is 1. The zero-order valence-corrected chi connectivity index (χ0v) is 12.9. The molecule has 0 atom stereocenters. The first-order valence-electron chi connectivity index (χ1n) is 7.37. The molecule has 0 aromatic rings. The Labute approximate surface area is 122 Å². The first-order chi connectivity index (χ1) is 9.16. The Morgan fingerprint density at radius 2 is 1.58 bits per heavy atom. The van der Waals surface area contributed by atoms with Crippen LogP contribution in [0.1, 0.15) is 71.1 Å². The van der Waals surface area contributed by atoms with Crippen molar-refractivity contribution in [1.29, 1.82) is 0 Å². The van der Waals surface area contributed by atoms with Crippen LogP contribution in [0, 0.1) is 0 Å². The minimum atomic E-state index is -0.197. The Bertz CT molecular complexity index is 272. The van der Waals surface area contributed by atoms with Crippen LogP contribution in [-0.2, 0) is 9.53 Å². The Morgan fingerprint density at radius 1 is 1.05 bits per heavy atom. The second kappa shape index (κ2) is 13.7. The molecule has 19 heavy (non-hydrogen) atoms. The lowest BCUT2D eigenvalue weighted by molar-refractivity contribution is -0.138.